The second-order valence-electron chi connectivity index (χ2n) is 6.86. The molecular formula is C18H32N4O3. The lowest BCUT2D eigenvalue weighted by atomic mass is 9.96. The van der Waals surface area contributed by atoms with Gasteiger partial charge in [0.2, 0.25) is 5.91 Å². The van der Waals surface area contributed by atoms with E-state index >= 15 is 0 Å². The standard InChI is InChI=1S/C18H32N4O3/c1-4-13(2)19-17(24)18(25)22-21-14(3)12-16(23)20-15-10-8-6-5-7-9-11-15/h13,15H,4-12H2,1-3H3,(H,19,24)(H,20,23)(H,22,25). The van der Waals surface area contributed by atoms with Gasteiger partial charge in [-0.1, -0.05) is 39.0 Å². The third-order valence-electron chi connectivity index (χ3n) is 4.43. The van der Waals surface area contributed by atoms with E-state index in [1.165, 1.54) is 19.3 Å². The summed E-state index contributed by atoms with van der Waals surface area (Å²) in [5.74, 6) is -1.63. The quantitative estimate of drug-likeness (QED) is 0.387. The molecule has 1 aliphatic carbocycles. The average molecular weight is 352 g/mol. The minimum absolute atomic E-state index is 0.0714. The fourth-order valence-corrected chi connectivity index (χ4v) is 2.74. The minimum Gasteiger partial charge on any atom is -0.353 e. The van der Waals surface area contributed by atoms with Crippen molar-refractivity contribution in [1.82, 2.24) is 16.1 Å². The zero-order chi connectivity index (χ0) is 18.7. The molecule has 0 aromatic rings. The maximum atomic E-state index is 12.1. The molecule has 25 heavy (non-hydrogen) atoms. The molecule has 3 amide bonds. The maximum absolute atomic E-state index is 12.1. The van der Waals surface area contributed by atoms with E-state index in [2.05, 4.69) is 21.2 Å². The minimum atomic E-state index is -0.819. The summed E-state index contributed by atoms with van der Waals surface area (Å²) >= 11 is 0. The Kier molecular flexibility index (Phi) is 9.80. The van der Waals surface area contributed by atoms with Gasteiger partial charge < -0.3 is 10.6 Å². The molecule has 0 bridgehead atoms. The Morgan fingerprint density at radius 1 is 1.04 bits per heavy atom. The van der Waals surface area contributed by atoms with Gasteiger partial charge in [0, 0.05) is 17.8 Å². The molecule has 1 aliphatic rings. The number of nitrogens with zero attached hydrogens (tertiary/aromatic N) is 1. The summed E-state index contributed by atoms with van der Waals surface area (Å²) < 4.78 is 0. The molecule has 3 N–H and O–H groups in total. The number of hydrogen-bond donors (Lipinski definition) is 3. The van der Waals surface area contributed by atoms with Crippen molar-refractivity contribution >= 4 is 23.4 Å². The lowest BCUT2D eigenvalue weighted by molar-refractivity contribution is -0.139. The highest BCUT2D eigenvalue weighted by Gasteiger charge is 2.16. The first-order valence-corrected chi connectivity index (χ1v) is 9.35. The summed E-state index contributed by atoms with van der Waals surface area (Å²) in [5, 5.41) is 9.45. The number of nitrogens with one attached hydrogen (secondary N) is 3. The number of amides is 3. The van der Waals surface area contributed by atoms with Gasteiger partial charge in [0.1, 0.15) is 0 Å². The Labute approximate surface area is 150 Å². The predicted octanol–water partition coefficient (Wildman–Crippen LogP) is 2.01. The largest absolute Gasteiger partial charge is 0.353 e. The highest BCUT2D eigenvalue weighted by molar-refractivity contribution is 6.35. The summed E-state index contributed by atoms with van der Waals surface area (Å²) in [6, 6.07) is 0.161. The Morgan fingerprint density at radius 3 is 2.24 bits per heavy atom. The van der Waals surface area contributed by atoms with Crippen molar-refractivity contribution in [2.24, 2.45) is 5.10 Å². The highest BCUT2D eigenvalue weighted by atomic mass is 16.2. The number of hydrazone groups is 1. The van der Waals surface area contributed by atoms with Gasteiger partial charge in [-0.25, -0.2) is 5.43 Å². The molecule has 0 aromatic heterocycles. The molecule has 1 saturated carbocycles. The van der Waals surface area contributed by atoms with Crippen molar-refractivity contribution in [3.63, 3.8) is 0 Å². The molecule has 1 rings (SSSR count). The van der Waals surface area contributed by atoms with E-state index in [4.69, 9.17) is 0 Å². The van der Waals surface area contributed by atoms with Gasteiger partial charge in [-0.3, -0.25) is 14.4 Å². The Morgan fingerprint density at radius 2 is 1.64 bits per heavy atom. The molecule has 0 radical (unpaired) electrons. The first-order chi connectivity index (χ1) is 11.9. The third kappa shape index (κ3) is 9.22. The Hall–Kier alpha value is -1.92. The van der Waals surface area contributed by atoms with Crippen LogP contribution in [0.2, 0.25) is 0 Å². The van der Waals surface area contributed by atoms with E-state index in [1.807, 2.05) is 13.8 Å². The van der Waals surface area contributed by atoms with Crippen molar-refractivity contribution in [2.75, 3.05) is 0 Å². The molecule has 0 saturated heterocycles. The van der Waals surface area contributed by atoms with Gasteiger partial charge in [-0.05, 0) is 33.1 Å². The lowest BCUT2D eigenvalue weighted by Gasteiger charge is -2.21. The van der Waals surface area contributed by atoms with E-state index in [0.717, 1.165) is 32.1 Å². The van der Waals surface area contributed by atoms with Crippen LogP contribution in [0.4, 0.5) is 0 Å². The van der Waals surface area contributed by atoms with Gasteiger partial charge in [-0.15, -0.1) is 0 Å². The first-order valence-electron chi connectivity index (χ1n) is 9.35. The highest BCUT2D eigenvalue weighted by Crippen LogP contribution is 2.17. The number of rotatable bonds is 6. The van der Waals surface area contributed by atoms with Gasteiger partial charge >= 0.3 is 11.8 Å². The molecule has 0 aromatic carbocycles. The summed E-state index contributed by atoms with van der Waals surface area (Å²) in [6.07, 6.45) is 8.96. The van der Waals surface area contributed by atoms with Crippen LogP contribution in [0.25, 0.3) is 0 Å². The summed E-state index contributed by atoms with van der Waals surface area (Å²) in [7, 11) is 0. The van der Waals surface area contributed by atoms with Crippen molar-refractivity contribution < 1.29 is 14.4 Å². The normalized spacial score (nSPS) is 17.8. The Bertz CT molecular complexity index is 483. The number of carbonyl (C=O) groups is 3. The van der Waals surface area contributed by atoms with E-state index in [-0.39, 0.29) is 24.4 Å². The number of hydrogen-bond acceptors (Lipinski definition) is 4. The SMILES string of the molecule is CCC(C)NC(=O)C(=O)NN=C(C)CC(=O)NC1CCCCCCC1. The predicted molar refractivity (Wildman–Crippen MR) is 98.0 cm³/mol. The molecule has 7 nitrogen and oxygen atoms in total. The van der Waals surface area contributed by atoms with Crippen molar-refractivity contribution in [3.8, 4) is 0 Å². The molecular weight excluding hydrogens is 320 g/mol. The van der Waals surface area contributed by atoms with Crippen LogP contribution in [0.15, 0.2) is 5.10 Å². The van der Waals surface area contributed by atoms with Crippen LogP contribution in [-0.4, -0.2) is 35.5 Å². The molecule has 1 atom stereocenters. The second kappa shape index (κ2) is 11.6. The smallest absolute Gasteiger partial charge is 0.329 e. The Balaban J connectivity index is 2.36. The van der Waals surface area contributed by atoms with Gasteiger partial charge in [0.25, 0.3) is 0 Å². The van der Waals surface area contributed by atoms with Crippen LogP contribution in [0, 0.1) is 0 Å². The van der Waals surface area contributed by atoms with Crippen molar-refractivity contribution in [3.05, 3.63) is 0 Å². The van der Waals surface area contributed by atoms with Crippen LogP contribution in [-0.2, 0) is 14.4 Å². The van der Waals surface area contributed by atoms with Crippen molar-refractivity contribution in [2.45, 2.75) is 90.6 Å². The van der Waals surface area contributed by atoms with Crippen LogP contribution in [0.1, 0.15) is 78.6 Å². The van der Waals surface area contributed by atoms with E-state index < -0.39 is 11.8 Å². The summed E-state index contributed by atoms with van der Waals surface area (Å²) in [6.45, 7) is 5.39. The van der Waals surface area contributed by atoms with Crippen LogP contribution in [0.5, 0.6) is 0 Å². The average Bonchev–Trinajstić information content (AvgIpc) is 2.54. The third-order valence-corrected chi connectivity index (χ3v) is 4.43. The van der Waals surface area contributed by atoms with E-state index in [9.17, 15) is 14.4 Å². The van der Waals surface area contributed by atoms with Crippen LogP contribution < -0.4 is 16.1 Å². The molecule has 0 heterocycles. The molecule has 1 unspecified atom stereocenters. The zero-order valence-corrected chi connectivity index (χ0v) is 15.7. The molecule has 0 spiro atoms. The topological polar surface area (TPSA) is 99.7 Å². The molecule has 1 fully saturated rings. The number of carbonyl (C=O) groups excluding carboxylic acids is 3. The summed E-state index contributed by atoms with van der Waals surface area (Å²) in [4.78, 5) is 35.3. The van der Waals surface area contributed by atoms with E-state index in [0.29, 0.717) is 5.71 Å². The zero-order valence-electron chi connectivity index (χ0n) is 15.7. The summed E-state index contributed by atoms with van der Waals surface area (Å²) in [5.41, 5.74) is 2.66. The fraction of sp³-hybridized carbons (Fsp3) is 0.778. The monoisotopic (exact) mass is 352 g/mol. The van der Waals surface area contributed by atoms with Crippen LogP contribution in [0.3, 0.4) is 0 Å². The lowest BCUT2D eigenvalue weighted by Crippen LogP contribution is -2.42. The van der Waals surface area contributed by atoms with Crippen molar-refractivity contribution in [1.29, 1.82) is 0 Å². The second-order valence-corrected chi connectivity index (χ2v) is 6.86. The van der Waals surface area contributed by atoms with Gasteiger partial charge in [-0.2, -0.15) is 5.10 Å². The molecule has 7 heteroatoms. The first kappa shape index (κ1) is 21.1. The van der Waals surface area contributed by atoms with Gasteiger partial charge in [0.05, 0.1) is 6.42 Å². The maximum Gasteiger partial charge on any atom is 0.329 e. The molecule has 142 valence electrons. The molecule has 0 aliphatic heterocycles. The van der Waals surface area contributed by atoms with E-state index in [1.54, 1.807) is 6.92 Å². The van der Waals surface area contributed by atoms with Gasteiger partial charge in [0.15, 0.2) is 0 Å². The van der Waals surface area contributed by atoms with Crippen LogP contribution >= 0.6 is 0 Å². The fourth-order valence-electron chi connectivity index (χ4n) is 2.74.